The summed E-state index contributed by atoms with van der Waals surface area (Å²) in [6.45, 7) is 0. The topological polar surface area (TPSA) is 93.6 Å². The molecule has 1 atom stereocenters. The van der Waals surface area contributed by atoms with E-state index in [-0.39, 0.29) is 5.82 Å². The molecule has 2 heterocycles. The Morgan fingerprint density at radius 1 is 1.43 bits per heavy atom. The molecule has 1 unspecified atom stereocenters. The minimum Gasteiger partial charge on any atom is -0.348 e. The second-order valence-corrected chi connectivity index (χ2v) is 5.32. The number of rotatable bonds is 4. The van der Waals surface area contributed by atoms with Gasteiger partial charge in [-0.05, 0) is 34.1 Å². The van der Waals surface area contributed by atoms with Crippen molar-refractivity contribution in [3.63, 3.8) is 0 Å². The molecule has 0 saturated carbocycles. The van der Waals surface area contributed by atoms with E-state index in [2.05, 4.69) is 36.0 Å². The van der Waals surface area contributed by atoms with Crippen LogP contribution < -0.4 is 5.73 Å². The molecule has 0 aliphatic carbocycles. The van der Waals surface area contributed by atoms with E-state index < -0.39 is 6.04 Å². The van der Waals surface area contributed by atoms with Crippen molar-refractivity contribution >= 4 is 15.9 Å². The van der Waals surface area contributed by atoms with E-state index in [4.69, 9.17) is 10.3 Å². The molecule has 6 nitrogen and oxygen atoms in total. The number of aromatic nitrogens is 4. The van der Waals surface area contributed by atoms with Crippen molar-refractivity contribution < 1.29 is 8.91 Å². The first-order valence-electron chi connectivity index (χ1n) is 6.15. The molecular weight excluding hydrogens is 341 g/mol. The molecule has 0 spiro atoms. The monoisotopic (exact) mass is 351 g/mol. The molecule has 0 aliphatic rings. The maximum atomic E-state index is 13.1. The molecule has 0 bridgehead atoms. The molecule has 0 amide bonds. The molecule has 0 fully saturated rings. The molecule has 8 heteroatoms. The van der Waals surface area contributed by atoms with Crippen LogP contribution in [0.25, 0.3) is 11.4 Å². The number of H-pyrrole nitrogens is 1. The Bertz CT molecular complexity index is 743. The van der Waals surface area contributed by atoms with Crippen LogP contribution in [-0.4, -0.2) is 20.1 Å². The predicted molar refractivity (Wildman–Crippen MR) is 76.6 cm³/mol. The number of nitrogens with two attached hydrogens (primary N) is 1. The molecule has 108 valence electrons. The number of halogens is 2. The van der Waals surface area contributed by atoms with Gasteiger partial charge in [0.05, 0.1) is 12.4 Å². The number of hydrogen-bond acceptors (Lipinski definition) is 5. The first kappa shape index (κ1) is 13.9. The first-order chi connectivity index (χ1) is 10.1. The number of aromatic amines is 1. The molecule has 3 N–H and O–H groups in total. The second-order valence-electron chi connectivity index (χ2n) is 4.47. The van der Waals surface area contributed by atoms with Gasteiger partial charge in [-0.2, -0.15) is 4.98 Å². The fourth-order valence-electron chi connectivity index (χ4n) is 1.89. The van der Waals surface area contributed by atoms with Crippen LogP contribution >= 0.6 is 15.9 Å². The second kappa shape index (κ2) is 5.74. The van der Waals surface area contributed by atoms with Gasteiger partial charge in [-0.1, -0.05) is 5.16 Å². The molecule has 2 aromatic heterocycles. The van der Waals surface area contributed by atoms with Gasteiger partial charge in [-0.3, -0.25) is 0 Å². The van der Waals surface area contributed by atoms with Crippen molar-refractivity contribution in [3.05, 3.63) is 52.6 Å². The lowest BCUT2D eigenvalue weighted by Crippen LogP contribution is -2.14. The zero-order chi connectivity index (χ0) is 14.8. The number of imidazole rings is 1. The molecule has 3 aromatic rings. The molecule has 0 radical (unpaired) electrons. The van der Waals surface area contributed by atoms with Crippen molar-refractivity contribution in [1.29, 1.82) is 0 Å². The van der Waals surface area contributed by atoms with Gasteiger partial charge >= 0.3 is 0 Å². The fourth-order valence-corrected chi connectivity index (χ4v) is 2.41. The van der Waals surface area contributed by atoms with Crippen molar-refractivity contribution in [2.45, 2.75) is 12.5 Å². The summed E-state index contributed by atoms with van der Waals surface area (Å²) >= 11 is 3.27. The number of benzene rings is 1. The van der Waals surface area contributed by atoms with E-state index in [1.807, 2.05) is 0 Å². The third-order valence-electron chi connectivity index (χ3n) is 2.93. The lowest BCUT2D eigenvalue weighted by molar-refractivity contribution is 0.354. The van der Waals surface area contributed by atoms with Gasteiger partial charge in [0.2, 0.25) is 11.7 Å². The summed E-state index contributed by atoms with van der Waals surface area (Å²) in [5.41, 5.74) is 7.54. The van der Waals surface area contributed by atoms with E-state index in [1.54, 1.807) is 18.6 Å². The zero-order valence-electron chi connectivity index (χ0n) is 10.8. The van der Waals surface area contributed by atoms with Gasteiger partial charge in [0.25, 0.3) is 0 Å². The average molecular weight is 352 g/mol. The summed E-state index contributed by atoms with van der Waals surface area (Å²) in [5.74, 6) is 0.332. The number of hydrogen-bond donors (Lipinski definition) is 2. The van der Waals surface area contributed by atoms with Crippen molar-refractivity contribution in [3.8, 4) is 11.4 Å². The predicted octanol–water partition coefficient (Wildman–Crippen LogP) is 2.60. The van der Waals surface area contributed by atoms with E-state index in [0.29, 0.717) is 28.2 Å². The molecular formula is C13H11BrFN5O. The smallest absolute Gasteiger partial charge is 0.244 e. The average Bonchev–Trinajstić information content (AvgIpc) is 3.09. The Labute approximate surface area is 127 Å². The summed E-state index contributed by atoms with van der Waals surface area (Å²) in [7, 11) is 0. The highest BCUT2D eigenvalue weighted by Gasteiger charge is 2.18. The van der Waals surface area contributed by atoms with Gasteiger partial charge in [0.15, 0.2) is 0 Å². The van der Waals surface area contributed by atoms with Gasteiger partial charge in [0, 0.05) is 28.3 Å². The summed E-state index contributed by atoms with van der Waals surface area (Å²) in [4.78, 5) is 11.1. The highest BCUT2D eigenvalue weighted by atomic mass is 79.9. The Hall–Kier alpha value is -2.06. The van der Waals surface area contributed by atoms with Crippen LogP contribution in [0.1, 0.15) is 17.6 Å². The van der Waals surface area contributed by atoms with Crippen LogP contribution in [-0.2, 0) is 6.42 Å². The Balaban J connectivity index is 1.82. The summed E-state index contributed by atoms with van der Waals surface area (Å²) < 4.78 is 18.8. The maximum absolute atomic E-state index is 13.1. The third-order valence-corrected chi connectivity index (χ3v) is 3.58. The minimum absolute atomic E-state index is 0.316. The van der Waals surface area contributed by atoms with E-state index in [9.17, 15) is 4.39 Å². The fraction of sp³-hybridized carbons (Fsp3) is 0.154. The third kappa shape index (κ3) is 3.01. The van der Waals surface area contributed by atoms with Gasteiger partial charge < -0.3 is 15.2 Å². The molecule has 1 aromatic carbocycles. The lowest BCUT2D eigenvalue weighted by atomic mass is 10.2. The Morgan fingerprint density at radius 2 is 2.29 bits per heavy atom. The van der Waals surface area contributed by atoms with Gasteiger partial charge in [-0.15, -0.1) is 0 Å². The first-order valence-corrected chi connectivity index (χ1v) is 6.94. The molecule has 0 saturated heterocycles. The van der Waals surface area contributed by atoms with Crippen LogP contribution in [0, 0.1) is 5.82 Å². The zero-order valence-corrected chi connectivity index (χ0v) is 12.3. The van der Waals surface area contributed by atoms with Crippen molar-refractivity contribution in [2.75, 3.05) is 0 Å². The largest absolute Gasteiger partial charge is 0.348 e. The minimum atomic E-state index is -0.439. The quantitative estimate of drug-likeness (QED) is 0.753. The van der Waals surface area contributed by atoms with Crippen LogP contribution in [0.5, 0.6) is 0 Å². The van der Waals surface area contributed by atoms with E-state index in [0.717, 1.165) is 5.69 Å². The lowest BCUT2D eigenvalue weighted by Gasteiger charge is -2.03. The Morgan fingerprint density at radius 3 is 3.00 bits per heavy atom. The van der Waals surface area contributed by atoms with E-state index in [1.165, 1.54) is 12.1 Å². The van der Waals surface area contributed by atoms with Gasteiger partial charge in [-0.25, -0.2) is 9.37 Å². The van der Waals surface area contributed by atoms with Crippen molar-refractivity contribution in [1.82, 2.24) is 20.1 Å². The standard InChI is InChI=1S/C13H11BrFN5O/c14-10-3-7(15)1-2-9(10)12-19-13(21-20-12)11(16)4-8-5-17-6-18-8/h1-3,5-6,11H,4,16H2,(H,17,18). The van der Waals surface area contributed by atoms with Crippen LogP contribution in [0.15, 0.2) is 39.7 Å². The molecule has 21 heavy (non-hydrogen) atoms. The normalized spacial score (nSPS) is 12.5. The molecule has 3 rings (SSSR count). The SMILES string of the molecule is NC(Cc1cnc[nH]1)c1nc(-c2ccc(F)cc2Br)no1. The van der Waals surface area contributed by atoms with Crippen molar-refractivity contribution in [2.24, 2.45) is 5.73 Å². The van der Waals surface area contributed by atoms with Crippen LogP contribution in [0.4, 0.5) is 4.39 Å². The number of nitrogens with one attached hydrogen (secondary N) is 1. The summed E-state index contributed by atoms with van der Waals surface area (Å²) in [6.07, 6.45) is 3.77. The molecule has 0 aliphatic heterocycles. The highest BCUT2D eigenvalue weighted by molar-refractivity contribution is 9.10. The highest BCUT2D eigenvalue weighted by Crippen LogP contribution is 2.27. The maximum Gasteiger partial charge on any atom is 0.244 e. The van der Waals surface area contributed by atoms with Gasteiger partial charge in [0.1, 0.15) is 5.82 Å². The number of nitrogens with zero attached hydrogens (tertiary/aromatic N) is 3. The van der Waals surface area contributed by atoms with E-state index >= 15 is 0 Å². The van der Waals surface area contributed by atoms with Crippen LogP contribution in [0.2, 0.25) is 0 Å². The Kier molecular flexibility index (Phi) is 3.80. The summed E-state index contributed by atoms with van der Waals surface area (Å²) in [5, 5.41) is 3.88. The van der Waals surface area contributed by atoms with Crippen LogP contribution in [0.3, 0.4) is 0 Å². The summed E-state index contributed by atoms with van der Waals surface area (Å²) in [6, 6.07) is 3.82.